The molecule has 3 N–H and O–H groups in total. The first-order chi connectivity index (χ1) is 10.5. The van der Waals surface area contributed by atoms with Gasteiger partial charge in [-0.1, -0.05) is 43.0 Å². The number of hydrogen-bond donors (Lipinski definition) is 2. The molecule has 0 fully saturated rings. The van der Waals surface area contributed by atoms with Crippen molar-refractivity contribution < 1.29 is 19.4 Å². The Morgan fingerprint density at radius 1 is 1.18 bits per heavy atom. The normalized spacial score (nSPS) is 10.0. The number of nitrogen functional groups attached to an aromatic ring is 1. The highest BCUT2D eigenvalue weighted by Gasteiger charge is 2.20. The van der Waals surface area contributed by atoms with Crippen LogP contribution in [0.3, 0.4) is 0 Å². The summed E-state index contributed by atoms with van der Waals surface area (Å²) in [5, 5.41) is 9.09. The molecule has 0 radical (unpaired) electrons. The van der Waals surface area contributed by atoms with Gasteiger partial charge in [0.1, 0.15) is 12.4 Å². The molecule has 112 valence electrons. The van der Waals surface area contributed by atoms with E-state index in [1.807, 2.05) is 0 Å². The van der Waals surface area contributed by atoms with Gasteiger partial charge in [0.15, 0.2) is 5.78 Å². The summed E-state index contributed by atoms with van der Waals surface area (Å²) in [5.41, 5.74) is 6.50. The van der Waals surface area contributed by atoms with Gasteiger partial charge in [0.2, 0.25) is 0 Å². The van der Waals surface area contributed by atoms with Crippen LogP contribution >= 0.6 is 0 Å². The summed E-state index contributed by atoms with van der Waals surface area (Å²) in [6, 6.07) is 11.1. The second kappa shape index (κ2) is 6.58. The van der Waals surface area contributed by atoms with Crippen molar-refractivity contribution in [3.63, 3.8) is 0 Å². The zero-order valence-corrected chi connectivity index (χ0v) is 11.8. The highest BCUT2D eigenvalue weighted by molar-refractivity contribution is 6.14. The van der Waals surface area contributed by atoms with Crippen LogP contribution in [0.15, 0.2) is 55.1 Å². The van der Waals surface area contributed by atoms with Crippen LogP contribution in [-0.4, -0.2) is 23.5 Å². The van der Waals surface area contributed by atoms with Crippen molar-refractivity contribution in [2.75, 3.05) is 12.3 Å². The second-order valence-corrected chi connectivity index (χ2v) is 4.54. The minimum Gasteiger partial charge on any atom is -0.489 e. The van der Waals surface area contributed by atoms with Crippen LogP contribution in [0.25, 0.3) is 0 Å². The Balaban J connectivity index is 2.55. The fourth-order valence-corrected chi connectivity index (χ4v) is 2.00. The number of carbonyl (C=O) groups excluding carboxylic acids is 1. The minimum absolute atomic E-state index is 0.0406. The van der Waals surface area contributed by atoms with Gasteiger partial charge in [0.05, 0.1) is 11.1 Å². The van der Waals surface area contributed by atoms with Gasteiger partial charge >= 0.3 is 5.97 Å². The number of anilines is 1. The van der Waals surface area contributed by atoms with Gasteiger partial charge in [0.25, 0.3) is 0 Å². The lowest BCUT2D eigenvalue weighted by molar-refractivity contribution is 0.0696. The van der Waals surface area contributed by atoms with Crippen molar-refractivity contribution in [1.29, 1.82) is 0 Å². The molecule has 0 aliphatic heterocycles. The molecule has 0 atom stereocenters. The summed E-state index contributed by atoms with van der Waals surface area (Å²) in [5.74, 6) is -1.34. The molecule has 2 aromatic carbocycles. The van der Waals surface area contributed by atoms with E-state index in [0.29, 0.717) is 5.56 Å². The highest BCUT2D eigenvalue weighted by Crippen LogP contribution is 2.29. The standard InChI is InChI=1S/C17H15NO4/c1-2-8-22-14-10-12(17(20)21)9-13(18)15(14)16(19)11-6-4-3-5-7-11/h2-7,9-10H,1,8,18H2,(H,20,21). The molecule has 0 unspecified atom stereocenters. The summed E-state index contributed by atoms with van der Waals surface area (Å²) in [7, 11) is 0. The fraction of sp³-hybridized carbons (Fsp3) is 0.0588. The van der Waals surface area contributed by atoms with Gasteiger partial charge < -0.3 is 15.6 Å². The van der Waals surface area contributed by atoms with Gasteiger partial charge in [-0.25, -0.2) is 4.79 Å². The summed E-state index contributed by atoms with van der Waals surface area (Å²) in [4.78, 5) is 23.7. The Kier molecular flexibility index (Phi) is 4.58. The Morgan fingerprint density at radius 2 is 1.86 bits per heavy atom. The molecule has 5 heteroatoms. The van der Waals surface area contributed by atoms with E-state index >= 15 is 0 Å². The summed E-state index contributed by atoms with van der Waals surface area (Å²) in [6.45, 7) is 3.67. The first-order valence-electron chi connectivity index (χ1n) is 6.55. The molecule has 2 aromatic rings. The fourth-order valence-electron chi connectivity index (χ4n) is 2.00. The van der Waals surface area contributed by atoms with E-state index in [-0.39, 0.29) is 35.0 Å². The van der Waals surface area contributed by atoms with Gasteiger partial charge in [-0.15, -0.1) is 0 Å². The van der Waals surface area contributed by atoms with Crippen LogP contribution in [0.2, 0.25) is 0 Å². The molecule has 0 amide bonds. The number of carbonyl (C=O) groups is 2. The molecule has 2 rings (SSSR count). The van der Waals surface area contributed by atoms with Crippen LogP contribution in [-0.2, 0) is 0 Å². The number of rotatable bonds is 6. The van der Waals surface area contributed by atoms with Crippen molar-refractivity contribution >= 4 is 17.4 Å². The Bertz CT molecular complexity index is 723. The van der Waals surface area contributed by atoms with Crippen molar-refractivity contribution in [2.24, 2.45) is 0 Å². The third-order valence-corrected chi connectivity index (χ3v) is 3.00. The van der Waals surface area contributed by atoms with Crippen molar-refractivity contribution in [3.05, 3.63) is 71.8 Å². The Hall–Kier alpha value is -3.08. The number of aromatic carboxylic acids is 1. The summed E-state index contributed by atoms with van der Waals surface area (Å²) >= 11 is 0. The number of carboxylic acids is 1. The molecular formula is C17H15NO4. The maximum absolute atomic E-state index is 12.6. The zero-order chi connectivity index (χ0) is 16.1. The third kappa shape index (κ3) is 3.15. The highest BCUT2D eigenvalue weighted by atomic mass is 16.5. The van der Waals surface area contributed by atoms with Gasteiger partial charge in [0, 0.05) is 11.3 Å². The van der Waals surface area contributed by atoms with E-state index in [2.05, 4.69) is 6.58 Å². The molecule has 0 saturated carbocycles. The lowest BCUT2D eigenvalue weighted by Crippen LogP contribution is -2.11. The Morgan fingerprint density at radius 3 is 2.45 bits per heavy atom. The Labute approximate surface area is 127 Å². The average Bonchev–Trinajstić information content (AvgIpc) is 2.52. The monoisotopic (exact) mass is 297 g/mol. The van der Waals surface area contributed by atoms with Crippen molar-refractivity contribution in [2.45, 2.75) is 0 Å². The molecule has 0 aliphatic rings. The molecule has 0 bridgehead atoms. The van der Waals surface area contributed by atoms with Crippen LogP contribution in [0.4, 0.5) is 5.69 Å². The predicted molar refractivity (Wildman–Crippen MR) is 83.4 cm³/mol. The van der Waals surface area contributed by atoms with E-state index in [9.17, 15) is 9.59 Å². The van der Waals surface area contributed by atoms with Crippen LogP contribution in [0, 0.1) is 0 Å². The van der Waals surface area contributed by atoms with Crippen LogP contribution < -0.4 is 10.5 Å². The van der Waals surface area contributed by atoms with E-state index in [0.717, 1.165) is 0 Å². The number of benzene rings is 2. The minimum atomic E-state index is -1.14. The number of nitrogens with two attached hydrogens (primary N) is 1. The molecule has 0 aromatic heterocycles. The molecule has 0 spiro atoms. The SMILES string of the molecule is C=CCOc1cc(C(=O)O)cc(N)c1C(=O)c1ccccc1. The van der Waals surface area contributed by atoms with Gasteiger partial charge in [-0.3, -0.25) is 4.79 Å². The smallest absolute Gasteiger partial charge is 0.335 e. The largest absolute Gasteiger partial charge is 0.489 e. The lowest BCUT2D eigenvalue weighted by Gasteiger charge is -2.13. The number of hydrogen-bond acceptors (Lipinski definition) is 4. The predicted octanol–water partition coefficient (Wildman–Crippen LogP) is 2.76. The quantitative estimate of drug-likeness (QED) is 0.486. The lowest BCUT2D eigenvalue weighted by atomic mass is 9.99. The third-order valence-electron chi connectivity index (χ3n) is 3.00. The molecule has 0 saturated heterocycles. The molecule has 22 heavy (non-hydrogen) atoms. The van der Waals surface area contributed by atoms with Gasteiger partial charge in [-0.2, -0.15) is 0 Å². The zero-order valence-electron chi connectivity index (χ0n) is 11.8. The molecule has 0 aliphatic carbocycles. The summed E-state index contributed by atoms with van der Waals surface area (Å²) < 4.78 is 5.42. The maximum atomic E-state index is 12.6. The van der Waals surface area contributed by atoms with Gasteiger partial charge in [-0.05, 0) is 12.1 Å². The van der Waals surface area contributed by atoms with Crippen LogP contribution in [0.1, 0.15) is 26.3 Å². The topological polar surface area (TPSA) is 89.6 Å². The van der Waals surface area contributed by atoms with Crippen LogP contribution in [0.5, 0.6) is 5.75 Å². The van der Waals surface area contributed by atoms with Crippen molar-refractivity contribution in [1.82, 2.24) is 0 Å². The van der Waals surface area contributed by atoms with Crippen molar-refractivity contribution in [3.8, 4) is 5.75 Å². The van der Waals surface area contributed by atoms with E-state index in [1.54, 1.807) is 30.3 Å². The first kappa shape index (κ1) is 15.3. The molecule has 0 heterocycles. The number of carboxylic acid groups (broad SMARTS) is 1. The first-order valence-corrected chi connectivity index (χ1v) is 6.55. The van der Waals surface area contributed by atoms with E-state index in [4.69, 9.17) is 15.6 Å². The maximum Gasteiger partial charge on any atom is 0.335 e. The molecular weight excluding hydrogens is 282 g/mol. The number of ether oxygens (including phenoxy) is 1. The summed E-state index contributed by atoms with van der Waals surface area (Å²) in [6.07, 6.45) is 1.50. The van der Waals surface area contributed by atoms with E-state index < -0.39 is 5.97 Å². The molecule has 5 nitrogen and oxygen atoms in total. The number of ketones is 1. The second-order valence-electron chi connectivity index (χ2n) is 4.54. The average molecular weight is 297 g/mol. The van der Waals surface area contributed by atoms with E-state index in [1.165, 1.54) is 18.2 Å².